The number of likely N-dealkylation sites (N-methyl/N-ethyl adjacent to an activating group) is 1. The SMILES string of the molecule is C=CC(C)N[C@@H](C)Cc1cc(N(C)C)c2c(c1O)C(=O)C1=C(O)C3C(=O)C(C(N)=O)=C(O)[C@@H](N(C)C)[C@@H]3C[C@@H]1C2. The van der Waals surface area contributed by atoms with Crippen LogP contribution in [0.4, 0.5) is 5.69 Å². The molecule has 0 heterocycles. The number of primary amides is 1. The molecule has 10 heteroatoms. The van der Waals surface area contributed by atoms with E-state index in [1.807, 2.05) is 38.9 Å². The van der Waals surface area contributed by atoms with Gasteiger partial charge in [-0.05, 0) is 76.2 Å². The van der Waals surface area contributed by atoms with Gasteiger partial charge in [-0.2, -0.15) is 0 Å². The number of rotatable bonds is 8. The lowest BCUT2D eigenvalue weighted by Gasteiger charge is -2.46. The Bertz CT molecular complexity index is 1340. The number of aliphatic hydroxyl groups is 2. The third-order valence-corrected chi connectivity index (χ3v) is 8.53. The van der Waals surface area contributed by atoms with Gasteiger partial charge in [-0.3, -0.25) is 19.3 Å². The minimum absolute atomic E-state index is 0.0315. The highest BCUT2D eigenvalue weighted by Crippen LogP contribution is 2.51. The molecule has 6 N–H and O–H groups in total. The quantitative estimate of drug-likeness (QED) is 0.241. The fourth-order valence-electron chi connectivity index (χ4n) is 6.83. The van der Waals surface area contributed by atoms with Gasteiger partial charge in [0.1, 0.15) is 22.8 Å². The Hall–Kier alpha value is -3.63. The number of aliphatic hydroxyl groups excluding tert-OH is 2. The maximum atomic E-state index is 14.1. The van der Waals surface area contributed by atoms with Crippen molar-refractivity contribution in [1.29, 1.82) is 0 Å². The summed E-state index contributed by atoms with van der Waals surface area (Å²) in [6, 6.07) is 1.18. The molecule has 6 atom stereocenters. The number of fused-ring (bicyclic) bond motifs is 3. The predicted octanol–water partition coefficient (Wildman–Crippen LogP) is 2.17. The van der Waals surface area contributed by atoms with Crippen LogP contribution in [0.15, 0.2) is 41.4 Å². The van der Waals surface area contributed by atoms with Gasteiger partial charge in [-0.1, -0.05) is 6.08 Å². The molecule has 0 radical (unpaired) electrons. The molecule has 0 aliphatic heterocycles. The number of amides is 1. The van der Waals surface area contributed by atoms with E-state index in [9.17, 15) is 29.7 Å². The minimum Gasteiger partial charge on any atom is -0.511 e. The molecular weight excluding hydrogens is 512 g/mol. The van der Waals surface area contributed by atoms with E-state index in [1.165, 1.54) is 0 Å². The number of hydrogen-bond acceptors (Lipinski definition) is 9. The average molecular weight is 553 g/mol. The smallest absolute Gasteiger partial charge is 0.255 e. The van der Waals surface area contributed by atoms with Crippen LogP contribution in [0, 0.1) is 17.8 Å². The van der Waals surface area contributed by atoms with Crippen molar-refractivity contribution in [2.75, 3.05) is 33.1 Å². The van der Waals surface area contributed by atoms with Gasteiger partial charge in [-0.15, -0.1) is 6.58 Å². The summed E-state index contributed by atoms with van der Waals surface area (Å²) in [5.74, 6) is -5.59. The molecule has 10 nitrogen and oxygen atoms in total. The summed E-state index contributed by atoms with van der Waals surface area (Å²) in [4.78, 5) is 43.2. The molecule has 1 aromatic rings. The van der Waals surface area contributed by atoms with Crippen molar-refractivity contribution >= 4 is 23.2 Å². The molecule has 0 aromatic heterocycles. The number of ketones is 2. The summed E-state index contributed by atoms with van der Waals surface area (Å²) in [7, 11) is 7.16. The molecule has 0 saturated carbocycles. The number of hydrogen-bond donors (Lipinski definition) is 5. The number of nitrogens with zero attached hydrogens (tertiary/aromatic N) is 2. The van der Waals surface area contributed by atoms with Gasteiger partial charge in [0.2, 0.25) is 0 Å². The summed E-state index contributed by atoms with van der Waals surface area (Å²) in [6.45, 7) is 7.75. The van der Waals surface area contributed by atoms with E-state index in [1.54, 1.807) is 25.1 Å². The zero-order valence-corrected chi connectivity index (χ0v) is 24.0. The lowest BCUT2D eigenvalue weighted by molar-refractivity contribution is -0.127. The van der Waals surface area contributed by atoms with Gasteiger partial charge < -0.3 is 31.3 Å². The topological polar surface area (TPSA) is 156 Å². The van der Waals surface area contributed by atoms with Crippen molar-refractivity contribution in [1.82, 2.24) is 10.2 Å². The highest BCUT2D eigenvalue weighted by Gasteiger charge is 2.54. The zero-order valence-electron chi connectivity index (χ0n) is 24.0. The first kappa shape index (κ1) is 29.4. The molecule has 1 aromatic carbocycles. The molecule has 3 aliphatic carbocycles. The van der Waals surface area contributed by atoms with Gasteiger partial charge >= 0.3 is 0 Å². The van der Waals surface area contributed by atoms with Crippen LogP contribution >= 0.6 is 0 Å². The van der Waals surface area contributed by atoms with E-state index in [0.29, 0.717) is 30.4 Å². The van der Waals surface area contributed by atoms with E-state index in [-0.39, 0.29) is 29.0 Å². The van der Waals surface area contributed by atoms with Gasteiger partial charge in [0.25, 0.3) is 5.91 Å². The van der Waals surface area contributed by atoms with Gasteiger partial charge in [0, 0.05) is 37.4 Å². The Kier molecular flexibility index (Phi) is 7.88. The van der Waals surface area contributed by atoms with Crippen molar-refractivity contribution in [2.24, 2.45) is 23.5 Å². The fourth-order valence-corrected chi connectivity index (χ4v) is 6.83. The Balaban J connectivity index is 1.86. The molecule has 3 aliphatic rings. The molecule has 40 heavy (non-hydrogen) atoms. The van der Waals surface area contributed by atoms with Crippen molar-refractivity contribution in [2.45, 2.75) is 51.2 Å². The number of carbonyl (C=O) groups is 3. The lowest BCUT2D eigenvalue weighted by Crippen LogP contribution is -2.53. The number of nitrogens with one attached hydrogen (secondary N) is 1. The highest BCUT2D eigenvalue weighted by molar-refractivity contribution is 6.22. The third-order valence-electron chi connectivity index (χ3n) is 8.53. The number of allylic oxidation sites excluding steroid dienone is 2. The molecule has 0 saturated heterocycles. The van der Waals surface area contributed by atoms with Crippen LogP contribution in [0.3, 0.4) is 0 Å². The molecular formula is C30H40N4O6. The second kappa shape index (κ2) is 10.7. The van der Waals surface area contributed by atoms with Crippen LogP contribution < -0.4 is 16.0 Å². The van der Waals surface area contributed by atoms with Crippen LogP contribution in [0.5, 0.6) is 5.75 Å². The first-order chi connectivity index (χ1) is 18.7. The summed E-state index contributed by atoms with van der Waals surface area (Å²) in [5, 5.41) is 37.2. The number of benzene rings is 1. The second-order valence-electron chi connectivity index (χ2n) is 11.8. The normalized spacial score (nSPS) is 25.8. The van der Waals surface area contributed by atoms with E-state index >= 15 is 0 Å². The summed E-state index contributed by atoms with van der Waals surface area (Å²) in [6.07, 6.45) is 2.90. The van der Waals surface area contributed by atoms with Crippen LogP contribution in [0.1, 0.15) is 41.8 Å². The van der Waals surface area contributed by atoms with Crippen molar-refractivity contribution in [3.63, 3.8) is 0 Å². The standard InChI is InChI=1S/C30H40N4O6/c1-8-13(2)32-14(3)9-16-12-19(33(4)5)17-10-15-11-18-22(27(37)20(15)26(36)21(17)25(16)35)28(38)23(30(31)40)29(39)24(18)34(6)7/h8,12-15,18,22,24,32,35,37,39H,1,9-11H2,2-7H3,(H2,31,40)/t13?,14-,15-,18+,22?,24-/m0/s1. The number of anilines is 1. The third kappa shape index (κ3) is 4.69. The molecule has 4 rings (SSSR count). The lowest BCUT2D eigenvalue weighted by atomic mass is 9.60. The number of phenolic OH excluding ortho intramolecular Hbond substituents is 1. The van der Waals surface area contributed by atoms with E-state index in [4.69, 9.17) is 5.73 Å². The number of Topliss-reactive ketones (excluding diaryl/α,β-unsaturated/α-hetero) is 2. The number of nitrogens with two attached hydrogens (primary N) is 1. The summed E-state index contributed by atoms with van der Waals surface area (Å²) in [5.41, 5.74) is 7.16. The monoisotopic (exact) mass is 552 g/mol. The largest absolute Gasteiger partial charge is 0.511 e. The van der Waals surface area contributed by atoms with E-state index < -0.39 is 58.4 Å². The maximum Gasteiger partial charge on any atom is 0.255 e. The molecule has 0 fully saturated rings. The maximum absolute atomic E-state index is 14.1. The first-order valence-electron chi connectivity index (χ1n) is 13.6. The number of phenols is 1. The van der Waals surface area contributed by atoms with Gasteiger partial charge in [-0.25, -0.2) is 0 Å². The van der Waals surface area contributed by atoms with E-state index in [0.717, 1.165) is 5.69 Å². The number of aromatic hydroxyl groups is 1. The van der Waals surface area contributed by atoms with Crippen molar-refractivity contribution < 1.29 is 29.7 Å². The van der Waals surface area contributed by atoms with Crippen LogP contribution in [0.2, 0.25) is 0 Å². The Morgan fingerprint density at radius 3 is 2.38 bits per heavy atom. The van der Waals surface area contributed by atoms with Crippen molar-refractivity contribution in [3.05, 3.63) is 58.1 Å². The van der Waals surface area contributed by atoms with E-state index in [2.05, 4.69) is 11.9 Å². The summed E-state index contributed by atoms with van der Waals surface area (Å²) < 4.78 is 0. The Morgan fingerprint density at radius 2 is 1.82 bits per heavy atom. The molecule has 0 spiro atoms. The Morgan fingerprint density at radius 1 is 1.18 bits per heavy atom. The first-order valence-corrected chi connectivity index (χ1v) is 13.6. The Labute approximate surface area is 234 Å². The van der Waals surface area contributed by atoms with Gasteiger partial charge in [0.15, 0.2) is 11.6 Å². The second-order valence-corrected chi connectivity index (χ2v) is 11.8. The predicted molar refractivity (Wildman–Crippen MR) is 153 cm³/mol. The minimum atomic E-state index is -1.20. The number of carbonyl (C=O) groups excluding carboxylic acids is 3. The van der Waals surface area contributed by atoms with Crippen molar-refractivity contribution in [3.8, 4) is 5.75 Å². The van der Waals surface area contributed by atoms with Crippen LogP contribution in [-0.2, 0) is 22.4 Å². The summed E-state index contributed by atoms with van der Waals surface area (Å²) >= 11 is 0. The van der Waals surface area contributed by atoms with Crippen LogP contribution in [0.25, 0.3) is 0 Å². The molecule has 2 unspecified atom stereocenters. The molecule has 1 amide bonds. The highest BCUT2D eigenvalue weighted by atomic mass is 16.3. The van der Waals surface area contributed by atoms with Crippen LogP contribution in [-0.4, -0.2) is 84.0 Å². The fraction of sp³-hybridized carbons (Fsp3) is 0.500. The zero-order chi connectivity index (χ0) is 29.8. The molecule has 216 valence electrons. The van der Waals surface area contributed by atoms with Gasteiger partial charge in [0.05, 0.1) is 17.5 Å². The average Bonchev–Trinajstić information content (AvgIpc) is 2.84. The molecule has 0 bridgehead atoms.